The van der Waals surface area contributed by atoms with Crippen LogP contribution in [-0.4, -0.2) is 22.7 Å². The Bertz CT molecular complexity index is 559. The minimum atomic E-state index is -0.410. The van der Waals surface area contributed by atoms with Gasteiger partial charge in [-0.2, -0.15) is 0 Å². The number of rotatable bonds is 4. The molecule has 0 saturated carbocycles. The van der Waals surface area contributed by atoms with E-state index < -0.39 is 5.82 Å². The molecule has 0 radical (unpaired) electrons. The van der Waals surface area contributed by atoms with Crippen molar-refractivity contribution < 1.29 is 13.9 Å². The number of ether oxygens (including phenoxy) is 1. The van der Waals surface area contributed by atoms with Gasteiger partial charge in [0, 0.05) is 6.07 Å². The van der Waals surface area contributed by atoms with Crippen molar-refractivity contribution in [3.63, 3.8) is 0 Å². The standard InChI is InChI=1S/C11H10FN3O2S/c1-7-14-15-11(18-7)13-10(16)6-17-9-4-2-3-8(12)5-9/h2-5H,6H2,1H3,(H,13,15,16). The summed E-state index contributed by atoms with van der Waals surface area (Å²) in [4.78, 5) is 11.5. The van der Waals surface area contributed by atoms with Gasteiger partial charge in [-0.1, -0.05) is 17.4 Å². The van der Waals surface area contributed by atoms with E-state index in [0.29, 0.717) is 10.9 Å². The third-order valence-electron chi connectivity index (χ3n) is 1.94. The molecule has 0 fully saturated rings. The van der Waals surface area contributed by atoms with E-state index in [1.165, 1.54) is 29.5 Å². The quantitative estimate of drug-likeness (QED) is 0.920. The van der Waals surface area contributed by atoms with Crippen molar-refractivity contribution in [3.05, 3.63) is 35.1 Å². The zero-order valence-electron chi connectivity index (χ0n) is 9.51. The van der Waals surface area contributed by atoms with Gasteiger partial charge in [0.05, 0.1) is 0 Å². The summed E-state index contributed by atoms with van der Waals surface area (Å²) < 4.78 is 18.0. The number of amides is 1. The lowest BCUT2D eigenvalue weighted by molar-refractivity contribution is -0.118. The van der Waals surface area contributed by atoms with Crippen molar-refractivity contribution in [1.29, 1.82) is 0 Å². The summed E-state index contributed by atoms with van der Waals surface area (Å²) in [5.74, 6) is -0.471. The van der Waals surface area contributed by atoms with Crippen LogP contribution in [-0.2, 0) is 4.79 Å². The number of benzene rings is 1. The van der Waals surface area contributed by atoms with Gasteiger partial charge in [0.1, 0.15) is 16.6 Å². The average molecular weight is 267 g/mol. The topological polar surface area (TPSA) is 64.1 Å². The molecule has 0 saturated heterocycles. The summed E-state index contributed by atoms with van der Waals surface area (Å²) in [6.45, 7) is 1.58. The molecule has 0 aliphatic rings. The van der Waals surface area contributed by atoms with E-state index >= 15 is 0 Å². The molecule has 0 unspecified atom stereocenters. The molecule has 0 aliphatic heterocycles. The van der Waals surface area contributed by atoms with Crippen LogP contribution in [0.25, 0.3) is 0 Å². The van der Waals surface area contributed by atoms with Crippen LogP contribution in [0.1, 0.15) is 5.01 Å². The Kier molecular flexibility index (Phi) is 3.83. The molecular weight excluding hydrogens is 257 g/mol. The van der Waals surface area contributed by atoms with Gasteiger partial charge >= 0.3 is 0 Å². The minimum Gasteiger partial charge on any atom is -0.484 e. The number of nitrogens with zero attached hydrogens (tertiary/aromatic N) is 2. The molecule has 1 heterocycles. The second-order valence-electron chi connectivity index (χ2n) is 3.42. The molecule has 1 aromatic carbocycles. The first-order chi connectivity index (χ1) is 8.63. The van der Waals surface area contributed by atoms with Crippen LogP contribution in [0.3, 0.4) is 0 Å². The molecule has 0 atom stereocenters. The summed E-state index contributed by atoms with van der Waals surface area (Å²) in [6.07, 6.45) is 0. The molecule has 0 aliphatic carbocycles. The first-order valence-electron chi connectivity index (χ1n) is 5.12. The average Bonchev–Trinajstić information content (AvgIpc) is 2.72. The van der Waals surface area contributed by atoms with Crippen LogP contribution >= 0.6 is 11.3 Å². The van der Waals surface area contributed by atoms with Crippen LogP contribution < -0.4 is 10.1 Å². The summed E-state index contributed by atoms with van der Waals surface area (Å²) in [5, 5.41) is 11.2. The Labute approximate surface area is 107 Å². The molecule has 1 N–H and O–H groups in total. The van der Waals surface area contributed by atoms with Crippen LogP contribution in [0.4, 0.5) is 9.52 Å². The highest BCUT2D eigenvalue weighted by atomic mass is 32.1. The highest BCUT2D eigenvalue weighted by molar-refractivity contribution is 7.15. The predicted molar refractivity (Wildman–Crippen MR) is 65.2 cm³/mol. The first kappa shape index (κ1) is 12.4. The minimum absolute atomic E-state index is 0.206. The number of hydrogen-bond acceptors (Lipinski definition) is 5. The van der Waals surface area contributed by atoms with Crippen LogP contribution in [0.5, 0.6) is 5.75 Å². The fourth-order valence-electron chi connectivity index (χ4n) is 1.21. The van der Waals surface area contributed by atoms with E-state index in [1.54, 1.807) is 13.0 Å². The first-order valence-corrected chi connectivity index (χ1v) is 5.93. The number of anilines is 1. The summed E-state index contributed by atoms with van der Waals surface area (Å²) in [5.41, 5.74) is 0. The van der Waals surface area contributed by atoms with E-state index in [9.17, 15) is 9.18 Å². The van der Waals surface area contributed by atoms with Crippen LogP contribution in [0, 0.1) is 12.7 Å². The molecule has 2 rings (SSSR count). The van der Waals surface area contributed by atoms with Crippen molar-refractivity contribution in [3.8, 4) is 5.75 Å². The number of nitrogens with one attached hydrogen (secondary N) is 1. The lowest BCUT2D eigenvalue weighted by atomic mass is 10.3. The number of hydrogen-bond donors (Lipinski definition) is 1. The maximum atomic E-state index is 12.8. The van der Waals surface area contributed by atoms with E-state index in [-0.39, 0.29) is 12.5 Å². The van der Waals surface area contributed by atoms with Gasteiger partial charge in [0.15, 0.2) is 6.61 Å². The van der Waals surface area contributed by atoms with E-state index in [4.69, 9.17) is 4.74 Å². The third-order valence-corrected chi connectivity index (χ3v) is 2.69. The Morgan fingerprint density at radius 2 is 2.33 bits per heavy atom. The van der Waals surface area contributed by atoms with E-state index in [0.717, 1.165) is 5.01 Å². The number of aromatic nitrogens is 2. The molecule has 7 heteroatoms. The van der Waals surface area contributed by atoms with Gasteiger partial charge in [-0.25, -0.2) is 4.39 Å². The van der Waals surface area contributed by atoms with E-state index in [1.807, 2.05) is 0 Å². The maximum absolute atomic E-state index is 12.8. The van der Waals surface area contributed by atoms with Gasteiger partial charge in [-0.3, -0.25) is 10.1 Å². The molecule has 1 aromatic heterocycles. The van der Waals surface area contributed by atoms with Crippen molar-refractivity contribution in [2.45, 2.75) is 6.92 Å². The Balaban J connectivity index is 1.85. The van der Waals surface area contributed by atoms with Crippen molar-refractivity contribution in [1.82, 2.24) is 10.2 Å². The zero-order chi connectivity index (χ0) is 13.0. The Morgan fingerprint density at radius 1 is 1.50 bits per heavy atom. The molecule has 94 valence electrons. The second-order valence-corrected chi connectivity index (χ2v) is 4.60. The van der Waals surface area contributed by atoms with Gasteiger partial charge in [0.2, 0.25) is 5.13 Å². The molecule has 2 aromatic rings. The normalized spacial score (nSPS) is 10.1. The number of carbonyl (C=O) groups is 1. The smallest absolute Gasteiger partial charge is 0.264 e. The second kappa shape index (κ2) is 5.54. The van der Waals surface area contributed by atoms with Crippen LogP contribution in [0.15, 0.2) is 24.3 Å². The van der Waals surface area contributed by atoms with Gasteiger partial charge < -0.3 is 4.74 Å². The summed E-state index contributed by atoms with van der Waals surface area (Å²) >= 11 is 1.27. The number of halogens is 1. The van der Waals surface area contributed by atoms with Crippen molar-refractivity contribution in [2.24, 2.45) is 0 Å². The van der Waals surface area contributed by atoms with E-state index in [2.05, 4.69) is 15.5 Å². The Hall–Kier alpha value is -2.02. The monoisotopic (exact) mass is 267 g/mol. The highest BCUT2D eigenvalue weighted by Gasteiger charge is 2.07. The van der Waals surface area contributed by atoms with Gasteiger partial charge in [-0.05, 0) is 19.1 Å². The molecule has 18 heavy (non-hydrogen) atoms. The molecule has 5 nitrogen and oxygen atoms in total. The van der Waals surface area contributed by atoms with Gasteiger partial charge in [-0.15, -0.1) is 10.2 Å². The maximum Gasteiger partial charge on any atom is 0.264 e. The zero-order valence-corrected chi connectivity index (χ0v) is 10.3. The predicted octanol–water partition coefficient (Wildman–Crippen LogP) is 2.00. The molecular formula is C11H10FN3O2S. The van der Waals surface area contributed by atoms with Crippen molar-refractivity contribution >= 4 is 22.4 Å². The third kappa shape index (κ3) is 3.49. The fraction of sp³-hybridized carbons (Fsp3) is 0.182. The van der Waals surface area contributed by atoms with Gasteiger partial charge in [0.25, 0.3) is 5.91 Å². The largest absolute Gasteiger partial charge is 0.484 e. The summed E-state index contributed by atoms with van der Waals surface area (Å²) in [7, 11) is 0. The SMILES string of the molecule is Cc1nnc(NC(=O)COc2cccc(F)c2)s1. The molecule has 1 amide bonds. The Morgan fingerprint density at radius 3 is 3.00 bits per heavy atom. The fourth-order valence-corrected chi connectivity index (χ4v) is 1.82. The number of carbonyl (C=O) groups excluding carboxylic acids is 1. The molecule has 0 spiro atoms. The number of aryl methyl sites for hydroxylation is 1. The highest BCUT2D eigenvalue weighted by Crippen LogP contribution is 2.14. The summed E-state index contributed by atoms with van der Waals surface area (Å²) in [6, 6.07) is 5.60. The van der Waals surface area contributed by atoms with Crippen molar-refractivity contribution in [2.75, 3.05) is 11.9 Å². The van der Waals surface area contributed by atoms with Crippen LogP contribution in [0.2, 0.25) is 0 Å². The lowest BCUT2D eigenvalue weighted by Gasteiger charge is -2.05. The molecule has 0 bridgehead atoms. The lowest BCUT2D eigenvalue weighted by Crippen LogP contribution is -2.20.